The number of rotatable bonds is 4. The summed E-state index contributed by atoms with van der Waals surface area (Å²) in [5, 5.41) is 7.48. The van der Waals surface area contributed by atoms with Gasteiger partial charge in [-0.1, -0.05) is 5.16 Å². The molecule has 0 spiro atoms. The molecule has 25 heavy (non-hydrogen) atoms. The van der Waals surface area contributed by atoms with Crippen molar-refractivity contribution in [2.24, 2.45) is 7.05 Å². The molecule has 6 heteroatoms. The molecule has 1 aliphatic heterocycles. The lowest BCUT2D eigenvalue weighted by atomic mass is 9.96. The SMILES string of the molecule is Cn1cccc1C(=O)NC1CCN(Cc2noc3c2CCCC3)CC1. The van der Waals surface area contributed by atoms with Gasteiger partial charge in [-0.05, 0) is 44.2 Å². The van der Waals surface area contributed by atoms with E-state index in [-0.39, 0.29) is 11.9 Å². The van der Waals surface area contributed by atoms with E-state index in [0.29, 0.717) is 0 Å². The van der Waals surface area contributed by atoms with E-state index in [0.717, 1.165) is 62.5 Å². The molecule has 2 aromatic heterocycles. The predicted octanol–water partition coefficient (Wildman–Crippen LogP) is 2.29. The molecule has 0 bridgehead atoms. The summed E-state index contributed by atoms with van der Waals surface area (Å²) < 4.78 is 7.38. The molecule has 1 aliphatic carbocycles. The van der Waals surface area contributed by atoms with Crippen molar-refractivity contribution < 1.29 is 9.32 Å². The molecule has 0 aromatic carbocycles. The van der Waals surface area contributed by atoms with Crippen LogP contribution in [0.3, 0.4) is 0 Å². The standard InChI is InChI=1S/C19H26N4O2/c1-22-10-4-6-17(22)19(24)20-14-8-11-23(12-9-14)13-16-15-5-2-3-7-18(15)25-21-16/h4,6,10,14H,2-3,5,7-9,11-13H2,1H3,(H,20,24). The number of piperidine rings is 1. The average Bonchev–Trinajstić information content (AvgIpc) is 3.23. The molecule has 1 N–H and O–H groups in total. The Labute approximate surface area is 148 Å². The van der Waals surface area contributed by atoms with Gasteiger partial charge in [0.25, 0.3) is 5.91 Å². The molecule has 1 saturated heterocycles. The van der Waals surface area contributed by atoms with Gasteiger partial charge in [0.2, 0.25) is 0 Å². The zero-order chi connectivity index (χ0) is 17.2. The summed E-state index contributed by atoms with van der Waals surface area (Å²) >= 11 is 0. The van der Waals surface area contributed by atoms with Crippen LogP contribution in [0.25, 0.3) is 0 Å². The van der Waals surface area contributed by atoms with Gasteiger partial charge in [0.15, 0.2) is 0 Å². The molecule has 0 atom stereocenters. The highest BCUT2D eigenvalue weighted by Gasteiger charge is 2.25. The van der Waals surface area contributed by atoms with Crippen LogP contribution in [-0.4, -0.2) is 39.7 Å². The Hall–Kier alpha value is -2.08. The fourth-order valence-corrected chi connectivity index (χ4v) is 3.98. The number of nitrogens with zero attached hydrogens (tertiary/aromatic N) is 3. The molecular formula is C19H26N4O2. The average molecular weight is 342 g/mol. The number of hydrogen-bond donors (Lipinski definition) is 1. The lowest BCUT2D eigenvalue weighted by Crippen LogP contribution is -2.44. The van der Waals surface area contributed by atoms with Crippen molar-refractivity contribution in [2.75, 3.05) is 13.1 Å². The Balaban J connectivity index is 1.29. The third-order valence-electron chi connectivity index (χ3n) is 5.50. The second kappa shape index (κ2) is 7.04. The number of carbonyl (C=O) groups is 1. The maximum Gasteiger partial charge on any atom is 0.268 e. The molecule has 1 amide bonds. The van der Waals surface area contributed by atoms with E-state index in [9.17, 15) is 4.79 Å². The summed E-state index contributed by atoms with van der Waals surface area (Å²) in [6.07, 6.45) is 8.47. The predicted molar refractivity (Wildman–Crippen MR) is 94.3 cm³/mol. The molecule has 2 aromatic rings. The smallest absolute Gasteiger partial charge is 0.268 e. The molecule has 0 saturated carbocycles. The molecule has 4 rings (SSSR count). The minimum atomic E-state index is 0.0246. The molecule has 134 valence electrons. The molecule has 6 nitrogen and oxygen atoms in total. The lowest BCUT2D eigenvalue weighted by Gasteiger charge is -2.32. The molecular weight excluding hydrogens is 316 g/mol. The van der Waals surface area contributed by atoms with E-state index in [1.165, 1.54) is 18.4 Å². The van der Waals surface area contributed by atoms with Gasteiger partial charge in [-0.15, -0.1) is 0 Å². The number of hydrogen-bond acceptors (Lipinski definition) is 4. The van der Waals surface area contributed by atoms with E-state index in [2.05, 4.69) is 15.4 Å². The van der Waals surface area contributed by atoms with Crippen LogP contribution < -0.4 is 5.32 Å². The van der Waals surface area contributed by atoms with E-state index in [1.807, 2.05) is 29.9 Å². The highest BCUT2D eigenvalue weighted by Crippen LogP contribution is 2.25. The Morgan fingerprint density at radius 2 is 2.12 bits per heavy atom. The van der Waals surface area contributed by atoms with Crippen molar-refractivity contribution in [1.29, 1.82) is 0 Å². The number of aryl methyl sites for hydroxylation is 2. The summed E-state index contributed by atoms with van der Waals surface area (Å²) in [6, 6.07) is 4.01. The van der Waals surface area contributed by atoms with Crippen molar-refractivity contribution in [3.8, 4) is 0 Å². The number of aromatic nitrogens is 2. The van der Waals surface area contributed by atoms with Crippen LogP contribution in [0, 0.1) is 0 Å². The molecule has 0 unspecified atom stereocenters. The minimum absolute atomic E-state index is 0.0246. The highest BCUT2D eigenvalue weighted by atomic mass is 16.5. The normalized spacial score (nSPS) is 18.9. The van der Waals surface area contributed by atoms with E-state index in [1.54, 1.807) is 0 Å². The van der Waals surface area contributed by atoms with Crippen LogP contribution >= 0.6 is 0 Å². The molecule has 0 radical (unpaired) electrons. The summed E-state index contributed by atoms with van der Waals surface area (Å²) in [4.78, 5) is 14.8. The van der Waals surface area contributed by atoms with Crippen molar-refractivity contribution >= 4 is 5.91 Å². The Kier molecular flexibility index (Phi) is 4.61. The summed E-state index contributed by atoms with van der Waals surface area (Å²) in [7, 11) is 1.90. The first-order valence-corrected chi connectivity index (χ1v) is 9.31. The van der Waals surface area contributed by atoms with Crippen molar-refractivity contribution in [3.05, 3.63) is 41.0 Å². The molecule has 3 heterocycles. The van der Waals surface area contributed by atoms with E-state index in [4.69, 9.17) is 4.52 Å². The maximum atomic E-state index is 12.3. The zero-order valence-corrected chi connectivity index (χ0v) is 14.8. The number of amides is 1. The lowest BCUT2D eigenvalue weighted by molar-refractivity contribution is 0.0900. The van der Waals surface area contributed by atoms with Crippen LogP contribution in [0.2, 0.25) is 0 Å². The van der Waals surface area contributed by atoms with Crippen LogP contribution in [0.1, 0.15) is 53.2 Å². The summed E-state index contributed by atoms with van der Waals surface area (Å²) in [5.74, 6) is 1.13. The topological polar surface area (TPSA) is 63.3 Å². The fraction of sp³-hybridized carbons (Fsp3) is 0.579. The van der Waals surface area contributed by atoms with Crippen molar-refractivity contribution in [1.82, 2.24) is 19.9 Å². The van der Waals surface area contributed by atoms with Gasteiger partial charge in [-0.3, -0.25) is 9.69 Å². The third kappa shape index (κ3) is 3.49. The van der Waals surface area contributed by atoms with E-state index < -0.39 is 0 Å². The minimum Gasteiger partial charge on any atom is -0.361 e. The fourth-order valence-electron chi connectivity index (χ4n) is 3.98. The zero-order valence-electron chi connectivity index (χ0n) is 14.8. The van der Waals surface area contributed by atoms with Gasteiger partial charge in [0.05, 0.1) is 0 Å². The van der Waals surface area contributed by atoms with Crippen LogP contribution in [0.5, 0.6) is 0 Å². The first-order chi connectivity index (χ1) is 12.2. The van der Waals surface area contributed by atoms with Crippen LogP contribution in [0.4, 0.5) is 0 Å². The number of likely N-dealkylation sites (tertiary alicyclic amines) is 1. The van der Waals surface area contributed by atoms with Crippen LogP contribution in [-0.2, 0) is 26.4 Å². The Morgan fingerprint density at radius 3 is 2.88 bits per heavy atom. The Bertz CT molecular complexity index is 740. The first kappa shape index (κ1) is 16.4. The monoisotopic (exact) mass is 342 g/mol. The van der Waals surface area contributed by atoms with Gasteiger partial charge >= 0.3 is 0 Å². The van der Waals surface area contributed by atoms with Gasteiger partial charge < -0.3 is 14.4 Å². The largest absolute Gasteiger partial charge is 0.361 e. The second-order valence-electron chi connectivity index (χ2n) is 7.27. The summed E-state index contributed by atoms with van der Waals surface area (Å²) in [6.45, 7) is 2.84. The molecule has 2 aliphatic rings. The maximum absolute atomic E-state index is 12.3. The van der Waals surface area contributed by atoms with Gasteiger partial charge in [0, 0.05) is 50.9 Å². The summed E-state index contributed by atoms with van der Waals surface area (Å²) in [5.41, 5.74) is 3.20. The van der Waals surface area contributed by atoms with Gasteiger partial charge in [-0.25, -0.2) is 0 Å². The number of carbonyl (C=O) groups excluding carboxylic acids is 1. The first-order valence-electron chi connectivity index (χ1n) is 9.31. The van der Waals surface area contributed by atoms with Crippen LogP contribution in [0.15, 0.2) is 22.9 Å². The molecule has 1 fully saturated rings. The number of nitrogens with one attached hydrogen (secondary N) is 1. The number of fused-ring (bicyclic) bond motifs is 1. The quantitative estimate of drug-likeness (QED) is 0.926. The van der Waals surface area contributed by atoms with Crippen molar-refractivity contribution in [2.45, 2.75) is 51.1 Å². The highest BCUT2D eigenvalue weighted by molar-refractivity contribution is 5.92. The second-order valence-corrected chi connectivity index (χ2v) is 7.27. The van der Waals surface area contributed by atoms with Crippen molar-refractivity contribution in [3.63, 3.8) is 0 Å². The Morgan fingerprint density at radius 1 is 1.32 bits per heavy atom. The third-order valence-corrected chi connectivity index (χ3v) is 5.50. The van der Waals surface area contributed by atoms with Gasteiger partial charge in [0.1, 0.15) is 17.1 Å². The van der Waals surface area contributed by atoms with E-state index >= 15 is 0 Å². The van der Waals surface area contributed by atoms with Gasteiger partial charge in [-0.2, -0.15) is 0 Å².